The highest BCUT2D eigenvalue weighted by Crippen LogP contribution is 2.70. The molecule has 5 aliphatic rings. The number of ether oxygens (including phenoxy) is 1. The highest BCUT2D eigenvalue weighted by molar-refractivity contribution is 8.14. The molecule has 1 N–H and O–H groups in total. The van der Waals surface area contributed by atoms with Gasteiger partial charge in [-0.2, -0.15) is 0 Å². The summed E-state index contributed by atoms with van der Waals surface area (Å²) in [6.07, 6.45) is 9.93. The van der Waals surface area contributed by atoms with Crippen molar-refractivity contribution in [3.05, 3.63) is 11.6 Å². The normalized spacial score (nSPS) is 51.4. The predicted molar refractivity (Wildman–Crippen MR) is 113 cm³/mol. The van der Waals surface area contributed by atoms with E-state index in [1.165, 1.54) is 17.3 Å². The van der Waals surface area contributed by atoms with E-state index in [-0.39, 0.29) is 32.6 Å². The number of fused-ring (bicyclic) bond motifs is 6. The predicted octanol–water partition coefficient (Wildman–Crippen LogP) is 4.64. The molecule has 3 saturated carbocycles. The van der Waals surface area contributed by atoms with E-state index in [1.54, 1.807) is 6.92 Å². The lowest BCUT2D eigenvalue weighted by atomic mass is 9.46. The van der Waals surface area contributed by atoms with Gasteiger partial charge in [-0.1, -0.05) is 31.2 Å². The first kappa shape index (κ1) is 20.3. The minimum Gasteiger partial charge on any atom is -0.368 e. The first-order chi connectivity index (χ1) is 13.7. The molecule has 1 aliphatic heterocycles. The molecular weight excluding hydrogens is 384 g/mol. The van der Waals surface area contributed by atoms with Crippen LogP contribution in [0.1, 0.15) is 78.6 Å². The second-order valence-corrected chi connectivity index (χ2v) is 12.2. The van der Waals surface area contributed by atoms with Crippen LogP contribution in [0.5, 0.6) is 0 Å². The SMILES string of the molecule is CC(=O)S[C@@H]1CC2=CC(=O)CC[C@]2(C)[C@H]2CC[C@@]3(C)[C@@H](CC[C@@]34CCC(O)O4)[C@H]12. The molecule has 1 heterocycles. The molecule has 29 heavy (non-hydrogen) atoms. The summed E-state index contributed by atoms with van der Waals surface area (Å²) in [4.78, 5) is 24.4. The molecule has 5 heteroatoms. The number of rotatable bonds is 1. The number of hydrogen-bond donors (Lipinski definition) is 1. The molecule has 1 saturated heterocycles. The number of carbonyl (C=O) groups excluding carboxylic acids is 2. The van der Waals surface area contributed by atoms with Crippen molar-refractivity contribution in [3.63, 3.8) is 0 Å². The summed E-state index contributed by atoms with van der Waals surface area (Å²) in [5.41, 5.74) is 1.29. The van der Waals surface area contributed by atoms with Crippen LogP contribution in [0.3, 0.4) is 0 Å². The summed E-state index contributed by atoms with van der Waals surface area (Å²) in [5.74, 6) is 1.81. The molecule has 160 valence electrons. The van der Waals surface area contributed by atoms with Gasteiger partial charge in [0.25, 0.3) is 0 Å². The fourth-order valence-electron chi connectivity index (χ4n) is 8.27. The summed E-state index contributed by atoms with van der Waals surface area (Å²) in [6, 6.07) is 0. The van der Waals surface area contributed by atoms with Crippen molar-refractivity contribution in [3.8, 4) is 0 Å². The summed E-state index contributed by atoms with van der Waals surface area (Å²) in [6.45, 7) is 6.48. The van der Waals surface area contributed by atoms with Gasteiger partial charge in [-0.3, -0.25) is 9.59 Å². The van der Waals surface area contributed by atoms with E-state index < -0.39 is 6.29 Å². The molecule has 0 radical (unpaired) electrons. The molecule has 0 aromatic carbocycles. The number of allylic oxidation sites excluding steroid dienone is 1. The zero-order chi connectivity index (χ0) is 20.6. The van der Waals surface area contributed by atoms with Crippen LogP contribution in [-0.2, 0) is 14.3 Å². The van der Waals surface area contributed by atoms with Crippen molar-refractivity contribution in [1.29, 1.82) is 0 Å². The van der Waals surface area contributed by atoms with Gasteiger partial charge in [0.05, 0.1) is 5.60 Å². The molecule has 1 spiro atoms. The van der Waals surface area contributed by atoms with Crippen molar-refractivity contribution in [2.45, 2.75) is 95.7 Å². The van der Waals surface area contributed by atoms with E-state index in [1.807, 2.05) is 6.08 Å². The molecule has 4 fully saturated rings. The van der Waals surface area contributed by atoms with Crippen LogP contribution in [0, 0.1) is 28.6 Å². The summed E-state index contributed by atoms with van der Waals surface area (Å²) < 4.78 is 6.25. The number of thioether (sulfide) groups is 1. The number of aliphatic hydroxyl groups excluding tert-OH is 1. The van der Waals surface area contributed by atoms with Crippen molar-refractivity contribution in [2.24, 2.45) is 28.6 Å². The van der Waals surface area contributed by atoms with E-state index in [0.717, 1.165) is 51.4 Å². The van der Waals surface area contributed by atoms with Crippen LogP contribution >= 0.6 is 11.8 Å². The van der Waals surface area contributed by atoms with E-state index in [9.17, 15) is 14.7 Å². The van der Waals surface area contributed by atoms with Crippen LogP contribution in [0.4, 0.5) is 0 Å². The van der Waals surface area contributed by atoms with Crippen LogP contribution in [0.15, 0.2) is 11.6 Å². The number of carbonyl (C=O) groups is 2. The molecule has 0 aromatic heterocycles. The lowest BCUT2D eigenvalue weighted by molar-refractivity contribution is -0.195. The van der Waals surface area contributed by atoms with Crippen LogP contribution < -0.4 is 0 Å². The fraction of sp³-hybridized carbons (Fsp3) is 0.833. The second-order valence-electron chi connectivity index (χ2n) is 10.8. The third kappa shape index (κ3) is 2.79. The number of hydrogen-bond acceptors (Lipinski definition) is 5. The van der Waals surface area contributed by atoms with Gasteiger partial charge in [0, 0.05) is 25.0 Å². The largest absolute Gasteiger partial charge is 0.368 e. The average molecular weight is 419 g/mol. The molecular formula is C24H34O4S. The standard InChI is InChI=1S/C24H34O4S/c1-14(25)29-19-13-15-12-16(26)4-8-22(15,2)17-5-9-23(3)18(21(17)19)6-10-24(23)11-7-20(27)28-24/h12,17-21,27H,4-11,13H2,1-3H3/t17-,18-,19+,20?,21+,22-,23-,24+/m0/s1. The van der Waals surface area contributed by atoms with E-state index >= 15 is 0 Å². The molecule has 0 bridgehead atoms. The molecule has 0 aromatic rings. The Morgan fingerprint density at radius 3 is 2.55 bits per heavy atom. The lowest BCUT2D eigenvalue weighted by Crippen LogP contribution is -2.57. The average Bonchev–Trinajstić information content (AvgIpc) is 3.17. The molecule has 8 atom stereocenters. The van der Waals surface area contributed by atoms with Gasteiger partial charge in [-0.25, -0.2) is 0 Å². The van der Waals surface area contributed by atoms with Crippen molar-refractivity contribution >= 4 is 22.7 Å². The Morgan fingerprint density at radius 1 is 1.14 bits per heavy atom. The van der Waals surface area contributed by atoms with Crippen LogP contribution in [0.2, 0.25) is 0 Å². The Bertz CT molecular complexity index is 777. The summed E-state index contributed by atoms with van der Waals surface area (Å²) >= 11 is 1.51. The summed E-state index contributed by atoms with van der Waals surface area (Å²) in [5, 5.41) is 10.6. The van der Waals surface area contributed by atoms with Gasteiger partial charge in [-0.15, -0.1) is 0 Å². The van der Waals surface area contributed by atoms with Crippen molar-refractivity contribution < 1.29 is 19.4 Å². The molecule has 1 unspecified atom stereocenters. The highest BCUT2D eigenvalue weighted by atomic mass is 32.2. The van der Waals surface area contributed by atoms with Gasteiger partial charge in [0.15, 0.2) is 17.2 Å². The summed E-state index contributed by atoms with van der Waals surface area (Å²) in [7, 11) is 0. The Hall–Kier alpha value is -0.650. The molecule has 4 nitrogen and oxygen atoms in total. The minimum absolute atomic E-state index is 0.0727. The minimum atomic E-state index is -0.617. The zero-order valence-electron chi connectivity index (χ0n) is 17.9. The Kier molecular flexibility index (Phi) is 4.66. The Balaban J connectivity index is 1.55. The van der Waals surface area contributed by atoms with E-state index in [2.05, 4.69) is 13.8 Å². The smallest absolute Gasteiger partial charge is 0.186 e. The molecule has 4 aliphatic carbocycles. The van der Waals surface area contributed by atoms with Gasteiger partial charge in [0.2, 0.25) is 0 Å². The van der Waals surface area contributed by atoms with E-state index in [0.29, 0.717) is 24.2 Å². The maximum absolute atomic E-state index is 12.2. The van der Waals surface area contributed by atoms with Gasteiger partial charge < -0.3 is 9.84 Å². The zero-order valence-corrected chi connectivity index (χ0v) is 18.7. The second kappa shape index (κ2) is 6.67. The Labute approximate surface area is 178 Å². The van der Waals surface area contributed by atoms with E-state index in [4.69, 9.17) is 4.74 Å². The monoisotopic (exact) mass is 418 g/mol. The van der Waals surface area contributed by atoms with Gasteiger partial charge in [0.1, 0.15) is 0 Å². The maximum atomic E-state index is 12.2. The molecule has 0 amide bonds. The third-order valence-corrected chi connectivity index (χ3v) is 10.8. The van der Waals surface area contributed by atoms with Crippen molar-refractivity contribution in [2.75, 3.05) is 0 Å². The maximum Gasteiger partial charge on any atom is 0.186 e. The van der Waals surface area contributed by atoms with Gasteiger partial charge >= 0.3 is 0 Å². The van der Waals surface area contributed by atoms with Gasteiger partial charge in [-0.05, 0) is 79.6 Å². The van der Waals surface area contributed by atoms with Crippen molar-refractivity contribution in [1.82, 2.24) is 0 Å². The topological polar surface area (TPSA) is 63.6 Å². The van der Waals surface area contributed by atoms with Crippen LogP contribution in [0.25, 0.3) is 0 Å². The third-order valence-electron chi connectivity index (χ3n) is 9.72. The number of aliphatic hydroxyl groups is 1. The molecule has 5 rings (SSSR count). The highest BCUT2D eigenvalue weighted by Gasteiger charge is 2.67. The fourth-order valence-corrected chi connectivity index (χ4v) is 9.49. The van der Waals surface area contributed by atoms with Crippen LogP contribution in [-0.4, -0.2) is 33.1 Å². The first-order valence-electron chi connectivity index (χ1n) is 11.5. The Morgan fingerprint density at radius 2 is 1.86 bits per heavy atom. The first-order valence-corrected chi connectivity index (χ1v) is 12.3. The lowest BCUT2D eigenvalue weighted by Gasteiger charge is -2.61. The number of ketones is 1. The quantitative estimate of drug-likeness (QED) is 0.672.